The Balaban J connectivity index is 2.16. The van der Waals surface area contributed by atoms with Crippen LogP contribution in [0.2, 0.25) is 0 Å². The summed E-state index contributed by atoms with van der Waals surface area (Å²) in [4.78, 5) is 4.72. The van der Waals surface area contributed by atoms with Crippen LogP contribution in [0.1, 0.15) is 27.2 Å². The second kappa shape index (κ2) is 3.76. The molecule has 1 spiro atoms. The number of quaternary nitrogens is 1. The van der Waals surface area contributed by atoms with E-state index in [0.29, 0.717) is 4.48 Å². The van der Waals surface area contributed by atoms with E-state index in [-0.39, 0.29) is 11.1 Å². The van der Waals surface area contributed by atoms with Gasteiger partial charge in [-0.2, -0.15) is 4.98 Å². The SMILES string of the molecule is CC(C)(C)[N+]12C=CC=CC13CC=CC=C3n1c([S])cnc12. The van der Waals surface area contributed by atoms with Gasteiger partial charge in [-0.25, -0.2) is 9.05 Å². The maximum atomic E-state index is 5.55. The second-order valence-electron chi connectivity index (χ2n) is 6.93. The van der Waals surface area contributed by atoms with Crippen molar-refractivity contribution in [1.82, 2.24) is 14.0 Å². The number of imidazole rings is 1. The van der Waals surface area contributed by atoms with Gasteiger partial charge < -0.3 is 0 Å². The maximum absolute atomic E-state index is 5.55. The maximum Gasteiger partial charge on any atom is 0.321 e. The molecule has 1 aromatic rings. The monoisotopic (exact) mass is 297 g/mol. The Bertz CT molecular complexity index is 745. The van der Waals surface area contributed by atoms with Crippen molar-refractivity contribution in [1.29, 1.82) is 0 Å². The van der Waals surface area contributed by atoms with Crippen molar-refractivity contribution in [2.24, 2.45) is 0 Å². The van der Waals surface area contributed by atoms with Gasteiger partial charge in [0.25, 0.3) is 0 Å². The topological polar surface area (TPSA) is 17.8 Å². The first-order valence-electron chi connectivity index (χ1n) is 7.33. The standard InChI is InChI=1S/C17H19N3S/c1-16(2,3)20-11-7-6-10-17(20)9-5-4-8-13(17)19-14(21)12-18-15(19)20/h4-8,10-12H,9H2,1-3H3/q+1. The average molecular weight is 297 g/mol. The lowest BCUT2D eigenvalue weighted by atomic mass is 9.79. The molecule has 4 heteroatoms. The minimum absolute atomic E-state index is 0.0209. The molecule has 21 heavy (non-hydrogen) atoms. The molecule has 1 aromatic heterocycles. The molecular weight excluding hydrogens is 278 g/mol. The molecule has 0 fully saturated rings. The van der Waals surface area contributed by atoms with E-state index in [0.717, 1.165) is 17.4 Å². The average Bonchev–Trinajstić information content (AvgIpc) is 2.93. The van der Waals surface area contributed by atoms with Crippen molar-refractivity contribution < 1.29 is 0 Å². The summed E-state index contributed by atoms with van der Waals surface area (Å²) in [6, 6.07) is 0. The lowest BCUT2D eigenvalue weighted by molar-refractivity contribution is 0.137. The van der Waals surface area contributed by atoms with Crippen LogP contribution in [0.4, 0.5) is 5.95 Å². The van der Waals surface area contributed by atoms with Crippen molar-refractivity contribution in [2.75, 3.05) is 0 Å². The Kier molecular flexibility index (Phi) is 2.33. The van der Waals surface area contributed by atoms with Crippen molar-refractivity contribution in [2.45, 2.75) is 43.3 Å². The molecule has 2 aliphatic heterocycles. The fourth-order valence-electron chi connectivity index (χ4n) is 4.22. The number of hydrogen-bond acceptors (Lipinski definition) is 1. The third-order valence-corrected chi connectivity index (χ3v) is 5.30. The molecule has 0 amide bonds. The first-order valence-corrected chi connectivity index (χ1v) is 7.74. The number of allylic oxidation sites excluding steroid dienone is 4. The minimum Gasteiger partial charge on any atom is -0.234 e. The summed E-state index contributed by atoms with van der Waals surface area (Å²) in [7, 11) is 0. The van der Waals surface area contributed by atoms with E-state index >= 15 is 0 Å². The Morgan fingerprint density at radius 3 is 2.86 bits per heavy atom. The molecule has 0 aromatic carbocycles. The van der Waals surface area contributed by atoms with Crippen LogP contribution in [-0.2, 0) is 0 Å². The van der Waals surface area contributed by atoms with E-state index in [2.05, 4.69) is 68.0 Å². The van der Waals surface area contributed by atoms with Gasteiger partial charge in [-0.05, 0) is 39.0 Å². The van der Waals surface area contributed by atoms with Gasteiger partial charge >= 0.3 is 5.95 Å². The van der Waals surface area contributed by atoms with E-state index in [1.165, 1.54) is 5.70 Å². The number of fused-ring (bicyclic) bond motifs is 3. The molecule has 2 atom stereocenters. The highest BCUT2D eigenvalue weighted by Gasteiger charge is 2.66. The Hall–Kier alpha value is -1.65. The lowest BCUT2D eigenvalue weighted by Crippen LogP contribution is -2.69. The van der Waals surface area contributed by atoms with E-state index < -0.39 is 0 Å². The number of rotatable bonds is 0. The molecule has 1 aliphatic carbocycles. The van der Waals surface area contributed by atoms with Crippen LogP contribution in [-0.4, -0.2) is 20.6 Å². The van der Waals surface area contributed by atoms with Gasteiger partial charge in [0.05, 0.1) is 11.9 Å². The molecule has 1 radical (unpaired) electrons. The summed E-state index contributed by atoms with van der Waals surface area (Å²) >= 11 is 5.55. The first-order chi connectivity index (χ1) is 9.94. The second-order valence-corrected chi connectivity index (χ2v) is 7.35. The Morgan fingerprint density at radius 2 is 2.10 bits per heavy atom. The molecule has 2 unspecified atom stereocenters. The largest absolute Gasteiger partial charge is 0.321 e. The third kappa shape index (κ3) is 1.26. The predicted octanol–water partition coefficient (Wildman–Crippen LogP) is 4.18. The van der Waals surface area contributed by atoms with Crippen LogP contribution >= 0.6 is 12.6 Å². The van der Waals surface area contributed by atoms with Gasteiger partial charge in [0, 0.05) is 6.42 Å². The van der Waals surface area contributed by atoms with Gasteiger partial charge in [0.15, 0.2) is 5.54 Å². The van der Waals surface area contributed by atoms with E-state index in [9.17, 15) is 0 Å². The van der Waals surface area contributed by atoms with E-state index in [4.69, 9.17) is 17.6 Å². The molecule has 0 saturated heterocycles. The third-order valence-electron chi connectivity index (χ3n) is 5.01. The summed E-state index contributed by atoms with van der Waals surface area (Å²) in [6.07, 6.45) is 18.3. The van der Waals surface area contributed by atoms with E-state index in [1.807, 2.05) is 6.20 Å². The van der Waals surface area contributed by atoms with Crippen molar-refractivity contribution in [3.8, 4) is 0 Å². The highest BCUT2D eigenvalue weighted by atomic mass is 32.1. The summed E-state index contributed by atoms with van der Waals surface area (Å²) in [5.74, 6) is 1.03. The number of aromatic nitrogens is 2. The Morgan fingerprint density at radius 1 is 1.29 bits per heavy atom. The van der Waals surface area contributed by atoms with Gasteiger partial charge in [0.2, 0.25) is 0 Å². The normalized spacial score (nSPS) is 32.6. The van der Waals surface area contributed by atoms with Crippen molar-refractivity contribution >= 4 is 24.3 Å². The Labute approximate surface area is 131 Å². The minimum atomic E-state index is -0.126. The highest BCUT2D eigenvalue weighted by Crippen LogP contribution is 2.57. The van der Waals surface area contributed by atoms with Crippen LogP contribution in [0.3, 0.4) is 0 Å². The zero-order valence-electron chi connectivity index (χ0n) is 12.6. The van der Waals surface area contributed by atoms with Crippen LogP contribution in [0.5, 0.6) is 0 Å². The summed E-state index contributed by atoms with van der Waals surface area (Å²) in [5.41, 5.74) is 1.10. The van der Waals surface area contributed by atoms with Crippen molar-refractivity contribution in [3.63, 3.8) is 0 Å². The van der Waals surface area contributed by atoms with Gasteiger partial charge in [-0.3, -0.25) is 0 Å². The van der Waals surface area contributed by atoms with Crippen molar-refractivity contribution in [3.05, 3.63) is 48.9 Å². The van der Waals surface area contributed by atoms with Gasteiger partial charge in [0.1, 0.15) is 16.8 Å². The summed E-state index contributed by atoms with van der Waals surface area (Å²) < 4.78 is 2.87. The van der Waals surface area contributed by atoms with Crippen LogP contribution in [0.15, 0.2) is 53.9 Å². The molecule has 0 saturated carbocycles. The molecule has 0 bridgehead atoms. The summed E-state index contributed by atoms with van der Waals surface area (Å²) in [6.45, 7) is 6.84. The van der Waals surface area contributed by atoms with Gasteiger partial charge in [-0.15, -0.1) is 0 Å². The fourth-order valence-corrected chi connectivity index (χ4v) is 4.45. The van der Waals surface area contributed by atoms with Crippen LogP contribution in [0.25, 0.3) is 5.70 Å². The molecule has 107 valence electrons. The molecule has 0 N–H and O–H groups in total. The molecule has 3 aliphatic rings. The summed E-state index contributed by atoms with van der Waals surface area (Å²) in [5, 5.41) is 0.795. The first kappa shape index (κ1) is 13.0. The number of hydrogen-bond donors (Lipinski definition) is 0. The van der Waals surface area contributed by atoms with Crippen LogP contribution in [0, 0.1) is 0 Å². The predicted molar refractivity (Wildman–Crippen MR) is 88.7 cm³/mol. The van der Waals surface area contributed by atoms with Gasteiger partial charge in [-0.1, -0.05) is 30.9 Å². The zero-order chi connectivity index (χ0) is 14.9. The fraction of sp³-hybridized carbons (Fsp3) is 0.353. The quantitative estimate of drug-likeness (QED) is 0.657. The molecule has 4 rings (SSSR count). The smallest absolute Gasteiger partial charge is 0.234 e. The molecular formula is C17H19N3S+. The van der Waals surface area contributed by atoms with Crippen LogP contribution < -0.4 is 4.48 Å². The molecule has 3 nitrogen and oxygen atoms in total. The molecule has 3 heterocycles. The number of nitrogens with zero attached hydrogens (tertiary/aromatic N) is 3. The highest BCUT2D eigenvalue weighted by molar-refractivity contribution is 7.80. The lowest BCUT2D eigenvalue weighted by Gasteiger charge is -2.51. The van der Waals surface area contributed by atoms with E-state index in [1.54, 1.807) is 0 Å². The zero-order valence-corrected chi connectivity index (χ0v) is 13.4.